The van der Waals surface area contributed by atoms with Gasteiger partial charge in [0.15, 0.2) is 5.65 Å². The summed E-state index contributed by atoms with van der Waals surface area (Å²) < 4.78 is 80.4. The van der Waals surface area contributed by atoms with Crippen molar-refractivity contribution in [1.29, 1.82) is 0 Å². The van der Waals surface area contributed by atoms with E-state index in [9.17, 15) is 26.3 Å². The van der Waals surface area contributed by atoms with E-state index in [1.165, 1.54) is 24.4 Å². The lowest BCUT2D eigenvalue weighted by Gasteiger charge is -2.13. The fraction of sp³-hybridized carbons (Fsp3) is 0.118. The summed E-state index contributed by atoms with van der Waals surface area (Å²) in [6.45, 7) is 3.60. The summed E-state index contributed by atoms with van der Waals surface area (Å²) in [4.78, 5) is 6.87. The normalized spacial score (nSPS) is 12.8. The Kier molecular flexibility index (Phi) is 3.74. The van der Waals surface area contributed by atoms with Gasteiger partial charge in [-0.3, -0.25) is 9.67 Å². The van der Waals surface area contributed by atoms with Crippen LogP contribution in [0.4, 0.5) is 26.3 Å². The zero-order valence-corrected chi connectivity index (χ0v) is 13.7. The van der Waals surface area contributed by atoms with Crippen molar-refractivity contribution in [1.82, 2.24) is 24.7 Å². The van der Waals surface area contributed by atoms with Crippen LogP contribution in [-0.4, -0.2) is 24.7 Å². The van der Waals surface area contributed by atoms with Gasteiger partial charge in [0.05, 0.1) is 17.4 Å². The SMILES string of the molecule is C=Cc1cc(-n2c(C(F)(F)F)nc3ccc(C(F)(F)F)nc32)cc2cn[nH]c12. The Morgan fingerprint density at radius 2 is 1.75 bits per heavy atom. The van der Waals surface area contributed by atoms with Gasteiger partial charge in [-0.25, -0.2) is 9.97 Å². The van der Waals surface area contributed by atoms with Crippen LogP contribution >= 0.6 is 0 Å². The van der Waals surface area contributed by atoms with Gasteiger partial charge in [-0.2, -0.15) is 31.4 Å². The number of H-pyrrole nitrogens is 1. The number of pyridine rings is 1. The summed E-state index contributed by atoms with van der Waals surface area (Å²) in [5, 5.41) is 6.97. The summed E-state index contributed by atoms with van der Waals surface area (Å²) in [5.74, 6) is -1.38. The molecule has 0 saturated carbocycles. The molecule has 0 radical (unpaired) electrons. The number of benzene rings is 1. The molecule has 1 N–H and O–H groups in total. The summed E-state index contributed by atoms with van der Waals surface area (Å²) >= 11 is 0. The second kappa shape index (κ2) is 5.81. The van der Waals surface area contributed by atoms with Crippen molar-refractivity contribution in [3.8, 4) is 5.69 Å². The van der Waals surface area contributed by atoms with Crippen molar-refractivity contribution in [2.24, 2.45) is 0 Å². The molecule has 0 spiro atoms. The van der Waals surface area contributed by atoms with Crippen molar-refractivity contribution in [3.05, 3.63) is 54.1 Å². The molecule has 3 aromatic heterocycles. The molecule has 0 saturated heterocycles. The number of nitrogens with zero attached hydrogens (tertiary/aromatic N) is 4. The summed E-state index contributed by atoms with van der Waals surface area (Å²) in [5.41, 5.74) is -1.30. The minimum absolute atomic E-state index is 0.0644. The van der Waals surface area contributed by atoms with E-state index >= 15 is 0 Å². The summed E-state index contributed by atoms with van der Waals surface area (Å²) in [7, 11) is 0. The van der Waals surface area contributed by atoms with Gasteiger partial charge in [-0.1, -0.05) is 12.7 Å². The molecule has 28 heavy (non-hydrogen) atoms. The first kappa shape index (κ1) is 18.0. The summed E-state index contributed by atoms with van der Waals surface area (Å²) in [6.07, 6.45) is -6.96. The number of hydrogen-bond donors (Lipinski definition) is 1. The van der Waals surface area contributed by atoms with Gasteiger partial charge < -0.3 is 0 Å². The third-order valence-corrected chi connectivity index (χ3v) is 4.09. The van der Waals surface area contributed by atoms with E-state index in [2.05, 4.69) is 26.7 Å². The number of nitrogens with one attached hydrogen (secondary N) is 1. The molecule has 0 unspecified atom stereocenters. The zero-order valence-electron chi connectivity index (χ0n) is 13.7. The topological polar surface area (TPSA) is 59.4 Å². The Bertz CT molecular complexity index is 1210. The first-order valence-corrected chi connectivity index (χ1v) is 7.73. The lowest BCUT2D eigenvalue weighted by atomic mass is 10.1. The van der Waals surface area contributed by atoms with Crippen LogP contribution in [0, 0.1) is 0 Å². The first-order chi connectivity index (χ1) is 13.1. The number of imidazole rings is 1. The first-order valence-electron chi connectivity index (χ1n) is 7.73. The number of hydrogen-bond acceptors (Lipinski definition) is 3. The third-order valence-electron chi connectivity index (χ3n) is 4.09. The number of halogens is 6. The van der Waals surface area contributed by atoms with Crippen molar-refractivity contribution >= 4 is 28.1 Å². The highest BCUT2D eigenvalue weighted by Gasteiger charge is 2.40. The van der Waals surface area contributed by atoms with Crippen molar-refractivity contribution in [2.45, 2.75) is 12.4 Å². The Labute approximate surface area is 152 Å². The quantitative estimate of drug-likeness (QED) is 0.486. The van der Waals surface area contributed by atoms with Gasteiger partial charge in [-0.05, 0) is 24.3 Å². The number of aromatic amines is 1. The molecule has 0 aliphatic rings. The highest BCUT2D eigenvalue weighted by molar-refractivity contribution is 5.89. The average Bonchev–Trinajstić information content (AvgIpc) is 3.23. The average molecular weight is 397 g/mol. The molecule has 11 heteroatoms. The smallest absolute Gasteiger partial charge is 0.277 e. The Hall–Kier alpha value is -3.37. The molecule has 5 nitrogen and oxygen atoms in total. The van der Waals surface area contributed by atoms with E-state index in [1.807, 2.05) is 0 Å². The molecule has 0 fully saturated rings. The van der Waals surface area contributed by atoms with E-state index in [-0.39, 0.29) is 11.2 Å². The monoisotopic (exact) mass is 397 g/mol. The lowest BCUT2D eigenvalue weighted by molar-refractivity contribution is -0.145. The van der Waals surface area contributed by atoms with Crippen LogP contribution in [-0.2, 0) is 12.4 Å². The van der Waals surface area contributed by atoms with Gasteiger partial charge in [-0.15, -0.1) is 0 Å². The van der Waals surface area contributed by atoms with Crippen molar-refractivity contribution in [3.63, 3.8) is 0 Å². The van der Waals surface area contributed by atoms with Crippen LogP contribution in [0.15, 0.2) is 37.0 Å². The second-order valence-electron chi connectivity index (χ2n) is 5.88. The van der Waals surface area contributed by atoms with Crippen molar-refractivity contribution in [2.75, 3.05) is 0 Å². The largest absolute Gasteiger partial charge is 0.450 e. The molecule has 0 amide bonds. The molecule has 1 aromatic carbocycles. The van der Waals surface area contributed by atoms with Crippen LogP contribution < -0.4 is 0 Å². The minimum Gasteiger partial charge on any atom is -0.277 e. The lowest BCUT2D eigenvalue weighted by Crippen LogP contribution is -2.15. The number of alkyl halides is 6. The maximum absolute atomic E-state index is 13.6. The zero-order chi connectivity index (χ0) is 20.3. The molecule has 3 heterocycles. The molecular formula is C17H9F6N5. The van der Waals surface area contributed by atoms with Gasteiger partial charge in [0.25, 0.3) is 0 Å². The fourth-order valence-electron chi connectivity index (χ4n) is 2.91. The fourth-order valence-corrected chi connectivity index (χ4v) is 2.91. The van der Waals surface area contributed by atoms with Gasteiger partial charge in [0.1, 0.15) is 11.2 Å². The third kappa shape index (κ3) is 2.79. The summed E-state index contributed by atoms with van der Waals surface area (Å²) in [6, 6.07) is 4.14. The highest BCUT2D eigenvalue weighted by Crippen LogP contribution is 2.36. The number of fused-ring (bicyclic) bond motifs is 2. The standard InChI is InChI=1S/C17H9F6N5/c1-2-8-5-10(6-9-7-24-27-13(8)9)28-14-11(25-15(28)17(21,22)23)3-4-12(26-14)16(18,19)20/h2-7H,1H2,(H,24,27). The van der Waals surface area contributed by atoms with Crippen LogP contribution in [0.2, 0.25) is 0 Å². The Balaban J connectivity index is 2.10. The Morgan fingerprint density at radius 1 is 1.00 bits per heavy atom. The predicted octanol–water partition coefficient (Wildman–Crippen LogP) is 4.98. The molecule has 0 bridgehead atoms. The van der Waals surface area contributed by atoms with E-state index in [4.69, 9.17) is 0 Å². The number of rotatable bonds is 2. The van der Waals surface area contributed by atoms with E-state index < -0.39 is 29.5 Å². The van der Waals surface area contributed by atoms with E-state index in [1.54, 1.807) is 0 Å². The molecular weight excluding hydrogens is 388 g/mol. The molecule has 0 aliphatic heterocycles. The molecule has 144 valence electrons. The number of aromatic nitrogens is 5. The maximum atomic E-state index is 13.6. The molecule has 0 aliphatic carbocycles. The van der Waals surface area contributed by atoms with E-state index in [0.29, 0.717) is 27.1 Å². The minimum atomic E-state index is -4.92. The maximum Gasteiger partial charge on any atom is 0.450 e. The predicted molar refractivity (Wildman–Crippen MR) is 88.6 cm³/mol. The van der Waals surface area contributed by atoms with Gasteiger partial charge in [0, 0.05) is 10.9 Å². The van der Waals surface area contributed by atoms with Crippen molar-refractivity contribution < 1.29 is 26.3 Å². The van der Waals surface area contributed by atoms with Crippen LogP contribution in [0.5, 0.6) is 0 Å². The molecule has 0 atom stereocenters. The molecule has 4 aromatic rings. The van der Waals surface area contributed by atoms with E-state index in [0.717, 1.165) is 6.07 Å². The molecule has 4 rings (SSSR count). The van der Waals surface area contributed by atoms with Crippen LogP contribution in [0.1, 0.15) is 17.1 Å². The van der Waals surface area contributed by atoms with Crippen LogP contribution in [0.25, 0.3) is 33.8 Å². The van der Waals surface area contributed by atoms with Gasteiger partial charge in [0.2, 0.25) is 5.82 Å². The van der Waals surface area contributed by atoms with Gasteiger partial charge >= 0.3 is 12.4 Å². The Morgan fingerprint density at radius 3 is 2.39 bits per heavy atom. The second-order valence-corrected chi connectivity index (χ2v) is 5.88. The van der Waals surface area contributed by atoms with Crippen LogP contribution in [0.3, 0.4) is 0 Å². The highest BCUT2D eigenvalue weighted by atomic mass is 19.4.